The highest BCUT2D eigenvalue weighted by atomic mass is 79.9. The minimum absolute atomic E-state index is 0.281. The van der Waals surface area contributed by atoms with E-state index in [9.17, 15) is 9.90 Å². The SMILES string of the molecule is O=C(O)c1cc(Br)ccc1-c1cccc(OC2CC2)c1. The topological polar surface area (TPSA) is 46.5 Å². The fourth-order valence-corrected chi connectivity index (χ4v) is 2.42. The van der Waals surface area contributed by atoms with Crippen LogP contribution in [0.15, 0.2) is 46.9 Å². The minimum atomic E-state index is -0.935. The first-order chi connectivity index (χ1) is 9.63. The normalized spacial score (nSPS) is 14.1. The number of carboxylic acid groups (broad SMARTS) is 1. The predicted molar refractivity (Wildman–Crippen MR) is 80.2 cm³/mol. The lowest BCUT2D eigenvalue weighted by molar-refractivity contribution is 0.0697. The zero-order valence-corrected chi connectivity index (χ0v) is 12.3. The Balaban J connectivity index is 2.01. The first kappa shape index (κ1) is 13.2. The number of aromatic carboxylic acids is 1. The van der Waals surface area contributed by atoms with Crippen molar-refractivity contribution in [2.24, 2.45) is 0 Å². The summed E-state index contributed by atoms with van der Waals surface area (Å²) in [5, 5.41) is 9.32. The van der Waals surface area contributed by atoms with Gasteiger partial charge >= 0.3 is 5.97 Å². The molecule has 0 bridgehead atoms. The Morgan fingerprint density at radius 3 is 2.70 bits per heavy atom. The molecule has 102 valence electrons. The molecule has 2 aromatic rings. The summed E-state index contributed by atoms with van der Waals surface area (Å²) in [5.41, 5.74) is 1.83. The Morgan fingerprint density at radius 2 is 2.00 bits per heavy atom. The molecule has 0 unspecified atom stereocenters. The van der Waals surface area contributed by atoms with Crippen LogP contribution in [0.25, 0.3) is 11.1 Å². The summed E-state index contributed by atoms with van der Waals surface area (Å²) < 4.78 is 6.51. The average Bonchev–Trinajstić information content (AvgIpc) is 3.23. The number of hydrogen-bond acceptors (Lipinski definition) is 2. The molecule has 3 rings (SSSR count). The molecule has 1 aliphatic rings. The molecule has 1 fully saturated rings. The molecule has 0 amide bonds. The van der Waals surface area contributed by atoms with Crippen molar-refractivity contribution in [1.29, 1.82) is 0 Å². The van der Waals surface area contributed by atoms with Crippen molar-refractivity contribution >= 4 is 21.9 Å². The summed E-state index contributed by atoms with van der Waals surface area (Å²) >= 11 is 3.30. The maximum absolute atomic E-state index is 11.4. The van der Waals surface area contributed by atoms with Gasteiger partial charge in [0.05, 0.1) is 11.7 Å². The zero-order valence-electron chi connectivity index (χ0n) is 10.7. The van der Waals surface area contributed by atoms with Crippen LogP contribution >= 0.6 is 15.9 Å². The Bertz CT molecular complexity index is 663. The van der Waals surface area contributed by atoms with E-state index in [1.54, 1.807) is 6.07 Å². The third-order valence-electron chi connectivity index (χ3n) is 3.18. The Hall–Kier alpha value is -1.81. The van der Waals surface area contributed by atoms with Crippen molar-refractivity contribution in [3.05, 3.63) is 52.5 Å². The lowest BCUT2D eigenvalue weighted by Crippen LogP contribution is -2.00. The molecule has 0 heterocycles. The number of hydrogen-bond donors (Lipinski definition) is 1. The third kappa shape index (κ3) is 2.85. The van der Waals surface area contributed by atoms with Crippen LogP contribution in [-0.2, 0) is 0 Å². The molecule has 0 aliphatic heterocycles. The van der Waals surface area contributed by atoms with Gasteiger partial charge in [-0.15, -0.1) is 0 Å². The monoisotopic (exact) mass is 332 g/mol. The molecule has 0 radical (unpaired) electrons. The lowest BCUT2D eigenvalue weighted by Gasteiger charge is -2.10. The van der Waals surface area contributed by atoms with Gasteiger partial charge in [0.1, 0.15) is 5.75 Å². The van der Waals surface area contributed by atoms with Crippen molar-refractivity contribution in [2.45, 2.75) is 18.9 Å². The molecule has 4 heteroatoms. The number of ether oxygens (including phenoxy) is 1. The first-order valence-corrected chi connectivity index (χ1v) is 7.23. The summed E-state index contributed by atoms with van der Waals surface area (Å²) in [4.78, 5) is 11.4. The van der Waals surface area contributed by atoms with E-state index in [2.05, 4.69) is 15.9 Å². The highest BCUT2D eigenvalue weighted by Gasteiger charge is 2.23. The molecule has 0 atom stereocenters. The number of benzene rings is 2. The molecular formula is C16H13BrO3. The zero-order chi connectivity index (χ0) is 14.1. The summed E-state index contributed by atoms with van der Waals surface area (Å²) in [6.07, 6.45) is 2.53. The molecule has 0 aromatic heterocycles. The van der Waals surface area contributed by atoms with Crippen LogP contribution in [0.5, 0.6) is 5.75 Å². The van der Waals surface area contributed by atoms with Crippen LogP contribution in [-0.4, -0.2) is 17.2 Å². The molecule has 0 saturated heterocycles. The quantitative estimate of drug-likeness (QED) is 0.904. The fourth-order valence-electron chi connectivity index (χ4n) is 2.06. The summed E-state index contributed by atoms with van der Waals surface area (Å²) in [5.74, 6) is -0.140. The summed E-state index contributed by atoms with van der Waals surface area (Å²) in [6.45, 7) is 0. The van der Waals surface area contributed by atoms with Gasteiger partial charge in [-0.3, -0.25) is 0 Å². The second kappa shape index (κ2) is 5.29. The molecule has 2 aromatic carbocycles. The van der Waals surface area contributed by atoms with Gasteiger partial charge < -0.3 is 9.84 Å². The summed E-state index contributed by atoms with van der Waals surface area (Å²) in [7, 11) is 0. The van der Waals surface area contributed by atoms with Gasteiger partial charge in [-0.1, -0.05) is 34.1 Å². The van der Waals surface area contributed by atoms with Gasteiger partial charge in [-0.25, -0.2) is 4.79 Å². The number of carboxylic acids is 1. The molecular weight excluding hydrogens is 320 g/mol. The molecule has 20 heavy (non-hydrogen) atoms. The van der Waals surface area contributed by atoms with Crippen LogP contribution in [0.2, 0.25) is 0 Å². The Morgan fingerprint density at radius 1 is 1.20 bits per heavy atom. The number of carbonyl (C=O) groups is 1. The van der Waals surface area contributed by atoms with Crippen LogP contribution in [0.1, 0.15) is 23.2 Å². The van der Waals surface area contributed by atoms with Gasteiger partial charge in [0.2, 0.25) is 0 Å². The van der Waals surface area contributed by atoms with Crippen molar-refractivity contribution in [1.82, 2.24) is 0 Å². The van der Waals surface area contributed by atoms with E-state index in [-0.39, 0.29) is 5.56 Å². The van der Waals surface area contributed by atoms with Gasteiger partial charge in [-0.2, -0.15) is 0 Å². The van der Waals surface area contributed by atoms with Crippen molar-refractivity contribution in [2.75, 3.05) is 0 Å². The van der Waals surface area contributed by atoms with E-state index in [0.717, 1.165) is 28.6 Å². The largest absolute Gasteiger partial charge is 0.490 e. The molecule has 3 nitrogen and oxygen atoms in total. The molecule has 1 saturated carbocycles. The molecule has 1 aliphatic carbocycles. The maximum atomic E-state index is 11.4. The van der Waals surface area contributed by atoms with E-state index < -0.39 is 5.97 Å². The highest BCUT2D eigenvalue weighted by Crippen LogP contribution is 2.32. The van der Waals surface area contributed by atoms with E-state index in [1.165, 1.54) is 0 Å². The smallest absolute Gasteiger partial charge is 0.336 e. The average molecular weight is 333 g/mol. The van der Waals surface area contributed by atoms with E-state index in [4.69, 9.17) is 4.74 Å². The van der Waals surface area contributed by atoms with Crippen LogP contribution in [0.3, 0.4) is 0 Å². The first-order valence-electron chi connectivity index (χ1n) is 6.43. The lowest BCUT2D eigenvalue weighted by atomic mass is 9.99. The molecule has 1 N–H and O–H groups in total. The third-order valence-corrected chi connectivity index (χ3v) is 3.68. The maximum Gasteiger partial charge on any atom is 0.336 e. The second-order valence-corrected chi connectivity index (χ2v) is 5.76. The van der Waals surface area contributed by atoms with Crippen LogP contribution in [0.4, 0.5) is 0 Å². The van der Waals surface area contributed by atoms with Crippen molar-refractivity contribution < 1.29 is 14.6 Å². The van der Waals surface area contributed by atoms with Crippen molar-refractivity contribution in [3.63, 3.8) is 0 Å². The Labute approximate surface area is 125 Å². The van der Waals surface area contributed by atoms with Gasteiger partial charge in [-0.05, 0) is 48.2 Å². The second-order valence-electron chi connectivity index (χ2n) is 4.84. The summed E-state index contributed by atoms with van der Waals surface area (Å²) in [6, 6.07) is 12.9. The van der Waals surface area contributed by atoms with E-state index in [1.807, 2.05) is 36.4 Å². The molecule has 0 spiro atoms. The fraction of sp³-hybridized carbons (Fsp3) is 0.188. The van der Waals surface area contributed by atoms with Gasteiger partial charge in [0.25, 0.3) is 0 Å². The van der Waals surface area contributed by atoms with Gasteiger partial charge in [0, 0.05) is 4.47 Å². The van der Waals surface area contributed by atoms with Crippen LogP contribution in [0, 0.1) is 0 Å². The van der Waals surface area contributed by atoms with Crippen LogP contribution < -0.4 is 4.74 Å². The predicted octanol–water partition coefficient (Wildman–Crippen LogP) is 4.36. The Kier molecular flexibility index (Phi) is 3.49. The highest BCUT2D eigenvalue weighted by molar-refractivity contribution is 9.10. The van der Waals surface area contributed by atoms with E-state index >= 15 is 0 Å². The van der Waals surface area contributed by atoms with Crippen molar-refractivity contribution in [3.8, 4) is 16.9 Å². The number of rotatable bonds is 4. The minimum Gasteiger partial charge on any atom is -0.490 e. The standard InChI is InChI=1S/C16H13BrO3/c17-11-4-7-14(15(9-11)16(18)19)10-2-1-3-13(8-10)20-12-5-6-12/h1-4,7-9,12H,5-6H2,(H,18,19). The van der Waals surface area contributed by atoms with Gasteiger partial charge in [0.15, 0.2) is 0 Å². The van der Waals surface area contributed by atoms with E-state index in [0.29, 0.717) is 11.7 Å². The number of halogens is 1.